The van der Waals surface area contributed by atoms with Crippen LogP contribution in [0.1, 0.15) is 16.7 Å². The molecule has 0 saturated heterocycles. The maximum absolute atomic E-state index is 5.53. The highest BCUT2D eigenvalue weighted by Crippen LogP contribution is 2.20. The van der Waals surface area contributed by atoms with Crippen molar-refractivity contribution >= 4 is 0 Å². The number of methoxy groups -OCH3 is 1. The van der Waals surface area contributed by atoms with Crippen molar-refractivity contribution in [1.29, 1.82) is 0 Å². The average molecular weight is 245 g/mol. The lowest BCUT2D eigenvalue weighted by Crippen LogP contribution is -2.03. The van der Waals surface area contributed by atoms with E-state index >= 15 is 0 Å². The minimum atomic E-state index is 0.652. The number of nitrogens with zero attached hydrogens (tertiary/aromatic N) is 2. The lowest BCUT2D eigenvalue weighted by Gasteiger charge is -2.09. The molecule has 1 aromatic heterocycles. The third kappa shape index (κ3) is 2.90. The normalized spacial score (nSPS) is 10.6. The molecule has 0 aliphatic heterocycles. The van der Waals surface area contributed by atoms with Crippen LogP contribution in [0.3, 0.4) is 0 Å². The van der Waals surface area contributed by atoms with Gasteiger partial charge in [-0.25, -0.2) is 0 Å². The van der Waals surface area contributed by atoms with E-state index in [1.165, 1.54) is 11.1 Å². The fraction of sp³-hybridized carbons (Fsp3) is 0.357. The van der Waals surface area contributed by atoms with Crippen LogP contribution < -0.4 is 10.5 Å². The molecule has 1 aromatic carbocycles. The molecule has 96 valence electrons. The molecule has 0 bridgehead atoms. The quantitative estimate of drug-likeness (QED) is 0.873. The average Bonchev–Trinajstić information content (AvgIpc) is 2.77. The van der Waals surface area contributed by atoms with Gasteiger partial charge in [0.25, 0.3) is 0 Å². The van der Waals surface area contributed by atoms with Crippen molar-refractivity contribution in [3.05, 3.63) is 47.3 Å². The fourth-order valence-electron chi connectivity index (χ4n) is 1.99. The molecule has 0 amide bonds. The summed E-state index contributed by atoms with van der Waals surface area (Å²) in [5.41, 5.74) is 9.06. The predicted octanol–water partition coefficient (Wildman–Crippen LogP) is 1.75. The van der Waals surface area contributed by atoms with Crippen LogP contribution in [0.25, 0.3) is 0 Å². The molecule has 0 atom stereocenters. The van der Waals surface area contributed by atoms with Crippen molar-refractivity contribution in [1.82, 2.24) is 9.78 Å². The Kier molecular flexibility index (Phi) is 3.99. The predicted molar refractivity (Wildman–Crippen MR) is 71.8 cm³/mol. The lowest BCUT2D eigenvalue weighted by molar-refractivity contribution is 0.407. The largest absolute Gasteiger partial charge is 0.496 e. The first-order valence-corrected chi connectivity index (χ1v) is 6.08. The number of aryl methyl sites for hydroxylation is 1. The second-order valence-corrected chi connectivity index (χ2v) is 4.40. The first-order chi connectivity index (χ1) is 8.72. The number of hydrogen-bond donors (Lipinski definition) is 1. The summed E-state index contributed by atoms with van der Waals surface area (Å²) < 4.78 is 7.28. The summed E-state index contributed by atoms with van der Waals surface area (Å²) in [4.78, 5) is 0. The zero-order valence-corrected chi connectivity index (χ0v) is 10.9. The maximum Gasteiger partial charge on any atom is 0.123 e. The molecule has 18 heavy (non-hydrogen) atoms. The van der Waals surface area contributed by atoms with Gasteiger partial charge in [0.2, 0.25) is 0 Å². The molecular weight excluding hydrogens is 226 g/mol. The first kappa shape index (κ1) is 12.6. The van der Waals surface area contributed by atoms with Crippen molar-refractivity contribution in [2.75, 3.05) is 13.7 Å². The van der Waals surface area contributed by atoms with E-state index in [0.717, 1.165) is 24.3 Å². The number of hydrogen-bond acceptors (Lipinski definition) is 3. The topological polar surface area (TPSA) is 53.1 Å². The molecule has 2 aromatic rings. The summed E-state index contributed by atoms with van der Waals surface area (Å²) in [5, 5.41) is 4.34. The SMILES string of the molecule is COc1ccc(C)cc1Cn1cc(CCN)cn1. The van der Waals surface area contributed by atoms with Crippen molar-refractivity contribution in [2.24, 2.45) is 5.73 Å². The van der Waals surface area contributed by atoms with Crippen LogP contribution in [0.15, 0.2) is 30.6 Å². The first-order valence-electron chi connectivity index (χ1n) is 6.08. The van der Waals surface area contributed by atoms with Gasteiger partial charge in [-0.15, -0.1) is 0 Å². The Labute approximate surface area is 107 Å². The standard InChI is InChI=1S/C14H19N3O/c1-11-3-4-14(18-2)13(7-11)10-17-9-12(5-6-15)8-16-17/h3-4,7-9H,5-6,10,15H2,1-2H3. The molecule has 0 spiro atoms. The lowest BCUT2D eigenvalue weighted by atomic mass is 10.1. The van der Waals surface area contributed by atoms with Gasteiger partial charge in [0.05, 0.1) is 19.9 Å². The minimum Gasteiger partial charge on any atom is -0.496 e. The summed E-state index contributed by atoms with van der Waals surface area (Å²) in [6.45, 7) is 3.45. The number of benzene rings is 1. The number of nitrogens with two attached hydrogens (primary N) is 1. The van der Waals surface area contributed by atoms with Crippen LogP contribution in [-0.2, 0) is 13.0 Å². The molecule has 4 nitrogen and oxygen atoms in total. The Morgan fingerprint density at radius 2 is 2.22 bits per heavy atom. The summed E-state index contributed by atoms with van der Waals surface area (Å²) >= 11 is 0. The molecule has 0 aliphatic rings. The van der Waals surface area contributed by atoms with Crippen LogP contribution >= 0.6 is 0 Å². The Hall–Kier alpha value is -1.81. The Balaban J connectivity index is 2.19. The van der Waals surface area contributed by atoms with E-state index in [4.69, 9.17) is 10.5 Å². The van der Waals surface area contributed by atoms with Crippen molar-refractivity contribution in [2.45, 2.75) is 19.9 Å². The van der Waals surface area contributed by atoms with E-state index in [9.17, 15) is 0 Å². The Morgan fingerprint density at radius 1 is 1.39 bits per heavy atom. The highest BCUT2D eigenvalue weighted by molar-refractivity contribution is 5.37. The molecule has 2 rings (SSSR count). The van der Waals surface area contributed by atoms with Gasteiger partial charge in [-0.1, -0.05) is 17.7 Å². The molecule has 0 aliphatic carbocycles. The van der Waals surface area contributed by atoms with Crippen LogP contribution in [-0.4, -0.2) is 23.4 Å². The van der Waals surface area contributed by atoms with E-state index in [2.05, 4.69) is 18.1 Å². The Bertz CT molecular complexity index is 520. The van der Waals surface area contributed by atoms with Crippen LogP contribution in [0, 0.1) is 6.92 Å². The van der Waals surface area contributed by atoms with Gasteiger partial charge in [0.1, 0.15) is 5.75 Å². The summed E-state index contributed by atoms with van der Waals surface area (Å²) in [6.07, 6.45) is 4.77. The zero-order chi connectivity index (χ0) is 13.0. The van der Waals surface area contributed by atoms with Gasteiger partial charge in [0.15, 0.2) is 0 Å². The van der Waals surface area contributed by atoms with Crippen molar-refractivity contribution in [3.63, 3.8) is 0 Å². The molecule has 0 fully saturated rings. The maximum atomic E-state index is 5.53. The van der Waals surface area contributed by atoms with E-state index in [1.807, 2.05) is 29.2 Å². The Morgan fingerprint density at radius 3 is 2.94 bits per heavy atom. The zero-order valence-electron chi connectivity index (χ0n) is 10.9. The molecular formula is C14H19N3O. The second kappa shape index (κ2) is 5.69. The van der Waals surface area contributed by atoms with Crippen LogP contribution in [0.5, 0.6) is 5.75 Å². The van der Waals surface area contributed by atoms with Gasteiger partial charge in [-0.3, -0.25) is 4.68 Å². The van der Waals surface area contributed by atoms with Gasteiger partial charge in [-0.05, 0) is 31.5 Å². The highest BCUT2D eigenvalue weighted by atomic mass is 16.5. The summed E-state index contributed by atoms with van der Waals surface area (Å²) in [6, 6.07) is 6.17. The third-order valence-electron chi connectivity index (χ3n) is 2.89. The highest BCUT2D eigenvalue weighted by Gasteiger charge is 2.05. The van der Waals surface area contributed by atoms with Crippen LogP contribution in [0.2, 0.25) is 0 Å². The monoisotopic (exact) mass is 245 g/mol. The fourth-order valence-corrected chi connectivity index (χ4v) is 1.99. The van der Waals surface area contributed by atoms with E-state index in [-0.39, 0.29) is 0 Å². The van der Waals surface area contributed by atoms with E-state index in [0.29, 0.717) is 6.54 Å². The number of ether oxygens (including phenoxy) is 1. The molecule has 0 saturated carbocycles. The van der Waals surface area contributed by atoms with Gasteiger partial charge in [0, 0.05) is 11.8 Å². The van der Waals surface area contributed by atoms with Crippen molar-refractivity contribution < 1.29 is 4.74 Å². The van der Waals surface area contributed by atoms with E-state index < -0.39 is 0 Å². The van der Waals surface area contributed by atoms with Gasteiger partial charge >= 0.3 is 0 Å². The molecule has 0 unspecified atom stereocenters. The smallest absolute Gasteiger partial charge is 0.123 e. The second-order valence-electron chi connectivity index (χ2n) is 4.40. The molecule has 2 N–H and O–H groups in total. The van der Waals surface area contributed by atoms with Gasteiger partial charge < -0.3 is 10.5 Å². The number of aromatic nitrogens is 2. The molecule has 0 radical (unpaired) electrons. The van der Waals surface area contributed by atoms with Gasteiger partial charge in [-0.2, -0.15) is 5.10 Å². The number of rotatable bonds is 5. The summed E-state index contributed by atoms with van der Waals surface area (Å²) in [5.74, 6) is 0.900. The van der Waals surface area contributed by atoms with Crippen LogP contribution in [0.4, 0.5) is 0 Å². The molecule has 1 heterocycles. The third-order valence-corrected chi connectivity index (χ3v) is 2.89. The van der Waals surface area contributed by atoms with Crippen molar-refractivity contribution in [3.8, 4) is 5.75 Å². The minimum absolute atomic E-state index is 0.652. The summed E-state index contributed by atoms with van der Waals surface area (Å²) in [7, 11) is 1.69. The van der Waals surface area contributed by atoms with E-state index in [1.54, 1.807) is 7.11 Å². The molecule has 4 heteroatoms.